The molecule has 1 rings (SSSR count). The largest absolute Gasteiger partial charge is 0.495 e. The highest BCUT2D eigenvalue weighted by Crippen LogP contribution is 2.19. The predicted molar refractivity (Wildman–Crippen MR) is 59.5 cm³/mol. The molecular weight excluding hydrogens is 216 g/mol. The number of alkyl halides is 1. The van der Waals surface area contributed by atoms with Crippen molar-refractivity contribution in [1.82, 2.24) is 4.98 Å². The maximum absolute atomic E-state index is 11.6. The van der Waals surface area contributed by atoms with Gasteiger partial charge in [-0.05, 0) is 6.92 Å². The molecule has 1 unspecified atom stereocenters. The van der Waals surface area contributed by atoms with Crippen LogP contribution in [0.2, 0.25) is 0 Å². The van der Waals surface area contributed by atoms with E-state index >= 15 is 0 Å². The number of pyridine rings is 1. The van der Waals surface area contributed by atoms with Gasteiger partial charge in [0.15, 0.2) is 0 Å². The second kappa shape index (κ2) is 4.98. The average molecular weight is 229 g/mol. The lowest BCUT2D eigenvalue weighted by Gasteiger charge is -2.18. The third-order valence-corrected chi connectivity index (χ3v) is 2.18. The van der Waals surface area contributed by atoms with Crippen LogP contribution in [-0.4, -0.2) is 30.4 Å². The van der Waals surface area contributed by atoms with Gasteiger partial charge in [0, 0.05) is 13.1 Å². The first kappa shape index (κ1) is 11.8. The number of halogens is 1. The maximum atomic E-state index is 11.6. The summed E-state index contributed by atoms with van der Waals surface area (Å²) in [5.41, 5.74) is 0.659. The minimum Gasteiger partial charge on any atom is -0.495 e. The van der Waals surface area contributed by atoms with E-state index in [0.717, 1.165) is 0 Å². The first-order chi connectivity index (χ1) is 7.06. The molecule has 0 saturated carbocycles. The molecule has 0 aliphatic carbocycles. The molecule has 15 heavy (non-hydrogen) atoms. The highest BCUT2D eigenvalue weighted by atomic mass is 35.5. The number of carbonyl (C=O) groups is 1. The Hall–Kier alpha value is -1.29. The summed E-state index contributed by atoms with van der Waals surface area (Å²) in [6.07, 6.45) is 3.16. The Morgan fingerprint density at radius 1 is 1.60 bits per heavy atom. The molecule has 82 valence electrons. The van der Waals surface area contributed by atoms with Gasteiger partial charge in [-0.1, -0.05) is 0 Å². The Balaban J connectivity index is 2.90. The molecule has 1 aromatic heterocycles. The number of methoxy groups -OCH3 is 1. The summed E-state index contributed by atoms with van der Waals surface area (Å²) in [5.74, 6) is 0.432. The Kier molecular flexibility index (Phi) is 3.91. The fraction of sp³-hybridized carbons (Fsp3) is 0.400. The fourth-order valence-corrected chi connectivity index (χ4v) is 1.24. The number of aromatic nitrogens is 1. The van der Waals surface area contributed by atoms with Crippen LogP contribution in [0.3, 0.4) is 0 Å². The molecule has 4 nitrogen and oxygen atoms in total. The van der Waals surface area contributed by atoms with Crippen LogP contribution in [0.15, 0.2) is 18.5 Å². The molecule has 0 aliphatic heterocycles. The number of nitrogens with zero attached hydrogens (tertiary/aromatic N) is 2. The highest BCUT2D eigenvalue weighted by Gasteiger charge is 2.16. The van der Waals surface area contributed by atoms with Crippen LogP contribution in [0, 0.1) is 0 Å². The lowest BCUT2D eigenvalue weighted by molar-refractivity contribution is -0.117. The normalized spacial score (nSPS) is 12.0. The number of ether oxygens (including phenoxy) is 1. The second-order valence-corrected chi connectivity index (χ2v) is 3.75. The van der Waals surface area contributed by atoms with Gasteiger partial charge in [-0.3, -0.25) is 9.78 Å². The summed E-state index contributed by atoms with van der Waals surface area (Å²) in [6, 6.07) is 1.73. The van der Waals surface area contributed by atoms with E-state index in [1.165, 1.54) is 4.90 Å². The summed E-state index contributed by atoms with van der Waals surface area (Å²) in [4.78, 5) is 17.0. The van der Waals surface area contributed by atoms with Crippen molar-refractivity contribution in [3.8, 4) is 5.75 Å². The fourth-order valence-electron chi connectivity index (χ4n) is 1.10. The molecule has 0 fully saturated rings. The predicted octanol–water partition coefficient (Wildman–Crippen LogP) is 1.68. The molecule has 0 N–H and O–H groups in total. The van der Waals surface area contributed by atoms with Crippen molar-refractivity contribution in [1.29, 1.82) is 0 Å². The molecule has 0 spiro atoms. The summed E-state index contributed by atoms with van der Waals surface area (Å²) in [7, 11) is 3.20. The van der Waals surface area contributed by atoms with Gasteiger partial charge in [-0.2, -0.15) is 0 Å². The zero-order chi connectivity index (χ0) is 11.4. The van der Waals surface area contributed by atoms with E-state index in [-0.39, 0.29) is 5.91 Å². The molecule has 1 atom stereocenters. The molecule has 1 aromatic rings. The van der Waals surface area contributed by atoms with Crippen molar-refractivity contribution in [2.45, 2.75) is 12.3 Å². The van der Waals surface area contributed by atoms with E-state index in [4.69, 9.17) is 16.3 Å². The molecule has 1 heterocycles. The van der Waals surface area contributed by atoms with Crippen molar-refractivity contribution >= 4 is 23.2 Å². The van der Waals surface area contributed by atoms with Crippen molar-refractivity contribution in [3.63, 3.8) is 0 Å². The van der Waals surface area contributed by atoms with Gasteiger partial charge in [0.05, 0.1) is 25.2 Å². The van der Waals surface area contributed by atoms with Gasteiger partial charge < -0.3 is 9.64 Å². The van der Waals surface area contributed by atoms with Gasteiger partial charge in [-0.25, -0.2) is 0 Å². The summed E-state index contributed by atoms with van der Waals surface area (Å²) < 4.78 is 5.01. The van der Waals surface area contributed by atoms with Crippen LogP contribution in [-0.2, 0) is 4.79 Å². The van der Waals surface area contributed by atoms with Crippen LogP contribution >= 0.6 is 11.6 Å². The highest BCUT2D eigenvalue weighted by molar-refractivity contribution is 6.32. The van der Waals surface area contributed by atoms with Crippen molar-refractivity contribution in [2.75, 3.05) is 19.1 Å². The first-order valence-electron chi connectivity index (χ1n) is 4.47. The minimum atomic E-state index is -0.554. The Morgan fingerprint density at radius 2 is 2.27 bits per heavy atom. The number of hydrogen-bond donors (Lipinski definition) is 0. The monoisotopic (exact) mass is 228 g/mol. The quantitative estimate of drug-likeness (QED) is 0.740. The zero-order valence-electron chi connectivity index (χ0n) is 8.90. The molecule has 0 radical (unpaired) electrons. The van der Waals surface area contributed by atoms with Crippen LogP contribution in [0.4, 0.5) is 5.69 Å². The molecular formula is C10H13ClN2O2. The van der Waals surface area contributed by atoms with E-state index in [1.54, 1.807) is 39.5 Å². The standard InChI is InChI=1S/C10H13ClN2O2/c1-7(11)10(14)13(2)8-4-9(15-3)6-12-5-8/h4-7H,1-3H3. The number of anilines is 1. The molecule has 0 aliphatic rings. The lowest BCUT2D eigenvalue weighted by Crippen LogP contribution is -2.32. The number of rotatable bonds is 3. The van der Waals surface area contributed by atoms with Gasteiger partial charge >= 0.3 is 0 Å². The SMILES string of the molecule is COc1cncc(N(C)C(=O)C(C)Cl)c1. The van der Waals surface area contributed by atoms with Gasteiger partial charge in [0.1, 0.15) is 11.1 Å². The van der Waals surface area contributed by atoms with Crippen LogP contribution in [0.1, 0.15) is 6.92 Å². The molecule has 0 aromatic carbocycles. The van der Waals surface area contributed by atoms with Crippen LogP contribution < -0.4 is 9.64 Å². The van der Waals surface area contributed by atoms with Gasteiger partial charge in [0.2, 0.25) is 5.91 Å². The summed E-state index contributed by atoms with van der Waals surface area (Å²) in [6.45, 7) is 1.63. The molecule has 1 amide bonds. The molecule has 0 saturated heterocycles. The van der Waals surface area contributed by atoms with Crippen molar-refractivity contribution in [2.24, 2.45) is 0 Å². The van der Waals surface area contributed by atoms with E-state index in [0.29, 0.717) is 11.4 Å². The zero-order valence-corrected chi connectivity index (χ0v) is 9.65. The smallest absolute Gasteiger partial charge is 0.244 e. The van der Waals surface area contributed by atoms with E-state index in [9.17, 15) is 4.79 Å². The minimum absolute atomic E-state index is 0.174. The maximum Gasteiger partial charge on any atom is 0.244 e. The average Bonchev–Trinajstić information content (AvgIpc) is 2.27. The number of hydrogen-bond acceptors (Lipinski definition) is 3. The van der Waals surface area contributed by atoms with E-state index in [1.807, 2.05) is 0 Å². The number of carbonyl (C=O) groups excluding carboxylic acids is 1. The topological polar surface area (TPSA) is 42.4 Å². The van der Waals surface area contributed by atoms with Gasteiger partial charge in [-0.15, -0.1) is 11.6 Å². The molecule has 0 bridgehead atoms. The third-order valence-electron chi connectivity index (χ3n) is 1.99. The first-order valence-corrected chi connectivity index (χ1v) is 4.90. The Bertz CT molecular complexity index is 355. The second-order valence-electron chi connectivity index (χ2n) is 3.10. The Labute approximate surface area is 93.8 Å². The third kappa shape index (κ3) is 2.83. The van der Waals surface area contributed by atoms with Crippen LogP contribution in [0.25, 0.3) is 0 Å². The van der Waals surface area contributed by atoms with Crippen molar-refractivity contribution in [3.05, 3.63) is 18.5 Å². The summed E-state index contributed by atoms with van der Waals surface area (Å²) >= 11 is 5.70. The van der Waals surface area contributed by atoms with Crippen molar-refractivity contribution < 1.29 is 9.53 Å². The Morgan fingerprint density at radius 3 is 2.80 bits per heavy atom. The lowest BCUT2D eigenvalue weighted by atomic mass is 10.3. The number of amides is 1. The van der Waals surface area contributed by atoms with E-state index in [2.05, 4.69) is 4.98 Å². The summed E-state index contributed by atoms with van der Waals surface area (Å²) in [5, 5.41) is -0.554. The van der Waals surface area contributed by atoms with Crippen LogP contribution in [0.5, 0.6) is 5.75 Å². The van der Waals surface area contributed by atoms with E-state index < -0.39 is 5.38 Å². The van der Waals surface area contributed by atoms with Gasteiger partial charge in [0.25, 0.3) is 0 Å². The molecule has 5 heteroatoms.